The van der Waals surface area contributed by atoms with Crippen LogP contribution in [0.4, 0.5) is 0 Å². The van der Waals surface area contributed by atoms with Crippen LogP contribution < -0.4 is 5.73 Å². The summed E-state index contributed by atoms with van der Waals surface area (Å²) in [4.78, 5) is 3.16. The smallest absolute Gasteiger partial charge is 0.0732 e. The number of aliphatic hydroxyl groups excluding tert-OH is 1. The zero-order chi connectivity index (χ0) is 12.3. The molecule has 0 spiro atoms. The van der Waals surface area contributed by atoms with Crippen LogP contribution in [0.2, 0.25) is 0 Å². The number of nitrogens with one attached hydrogen (secondary N) is 1. The summed E-state index contributed by atoms with van der Waals surface area (Å²) < 4.78 is 0. The molecule has 92 valence electrons. The predicted molar refractivity (Wildman–Crippen MR) is 70.8 cm³/mol. The van der Waals surface area contributed by atoms with Crippen molar-refractivity contribution in [3.63, 3.8) is 0 Å². The summed E-state index contributed by atoms with van der Waals surface area (Å²) in [5.41, 5.74) is 8.13. The lowest BCUT2D eigenvalue weighted by molar-refractivity contribution is 0.132. The summed E-state index contributed by atoms with van der Waals surface area (Å²) in [6.45, 7) is 2.11. The Balaban J connectivity index is 2.14. The van der Waals surface area contributed by atoms with Crippen LogP contribution >= 0.6 is 0 Å². The van der Waals surface area contributed by atoms with Gasteiger partial charge in [-0.05, 0) is 29.5 Å². The SMILES string of the molecule is CCCC[C@@H](O)[C@@H](N)c1ccc2cc[nH]c2c1. The van der Waals surface area contributed by atoms with Crippen LogP contribution in [0.1, 0.15) is 37.8 Å². The molecular weight excluding hydrogens is 212 g/mol. The molecule has 0 saturated heterocycles. The number of nitrogens with two attached hydrogens (primary N) is 1. The fourth-order valence-electron chi connectivity index (χ4n) is 2.09. The molecule has 2 rings (SSSR count). The number of hydrogen-bond donors (Lipinski definition) is 3. The van der Waals surface area contributed by atoms with Crippen molar-refractivity contribution in [1.29, 1.82) is 0 Å². The first kappa shape index (κ1) is 12.1. The Bertz CT molecular complexity index is 478. The third kappa shape index (κ3) is 2.68. The molecule has 1 heterocycles. The van der Waals surface area contributed by atoms with Crippen LogP contribution in [0.5, 0.6) is 0 Å². The van der Waals surface area contributed by atoms with Gasteiger partial charge in [0, 0.05) is 11.7 Å². The van der Waals surface area contributed by atoms with E-state index < -0.39 is 6.10 Å². The van der Waals surface area contributed by atoms with E-state index in [1.54, 1.807) is 0 Å². The van der Waals surface area contributed by atoms with Crippen molar-refractivity contribution in [2.75, 3.05) is 0 Å². The van der Waals surface area contributed by atoms with E-state index in [4.69, 9.17) is 5.73 Å². The highest BCUT2D eigenvalue weighted by Crippen LogP contribution is 2.22. The summed E-state index contributed by atoms with van der Waals surface area (Å²) >= 11 is 0. The highest BCUT2D eigenvalue weighted by Gasteiger charge is 2.16. The maximum absolute atomic E-state index is 9.99. The molecule has 1 aromatic heterocycles. The third-order valence-corrected chi connectivity index (χ3v) is 3.23. The molecule has 0 aliphatic heterocycles. The summed E-state index contributed by atoms with van der Waals surface area (Å²) in [5.74, 6) is 0. The largest absolute Gasteiger partial charge is 0.391 e. The Labute approximate surface area is 102 Å². The van der Waals surface area contributed by atoms with E-state index in [0.717, 1.165) is 30.3 Å². The Morgan fingerprint density at radius 1 is 1.35 bits per heavy atom. The second-order valence-corrected chi connectivity index (χ2v) is 4.56. The number of unbranched alkanes of at least 4 members (excludes halogenated alkanes) is 1. The monoisotopic (exact) mass is 232 g/mol. The van der Waals surface area contributed by atoms with E-state index in [9.17, 15) is 5.11 Å². The molecule has 0 aliphatic rings. The fraction of sp³-hybridized carbons (Fsp3) is 0.429. The maximum Gasteiger partial charge on any atom is 0.0732 e. The number of benzene rings is 1. The molecule has 0 fully saturated rings. The van der Waals surface area contributed by atoms with Crippen molar-refractivity contribution >= 4 is 10.9 Å². The van der Waals surface area contributed by atoms with Gasteiger partial charge >= 0.3 is 0 Å². The van der Waals surface area contributed by atoms with Crippen LogP contribution in [0.25, 0.3) is 10.9 Å². The van der Waals surface area contributed by atoms with E-state index in [-0.39, 0.29) is 6.04 Å². The van der Waals surface area contributed by atoms with Crippen LogP contribution in [-0.4, -0.2) is 16.2 Å². The van der Waals surface area contributed by atoms with E-state index in [1.165, 1.54) is 5.39 Å². The normalized spacial score (nSPS) is 15.0. The molecule has 0 amide bonds. The number of H-pyrrole nitrogens is 1. The van der Waals surface area contributed by atoms with Gasteiger partial charge in [0.1, 0.15) is 0 Å². The van der Waals surface area contributed by atoms with E-state index in [2.05, 4.69) is 11.9 Å². The predicted octanol–water partition coefficient (Wildman–Crippen LogP) is 2.72. The minimum atomic E-state index is -0.456. The lowest BCUT2D eigenvalue weighted by Crippen LogP contribution is -2.26. The van der Waals surface area contributed by atoms with Crippen LogP contribution in [0.15, 0.2) is 30.5 Å². The quantitative estimate of drug-likeness (QED) is 0.742. The summed E-state index contributed by atoms with van der Waals surface area (Å²) in [6.07, 6.45) is 4.31. The average Bonchev–Trinajstić information content (AvgIpc) is 2.81. The number of aliphatic hydroxyl groups is 1. The molecule has 0 radical (unpaired) electrons. The Hall–Kier alpha value is -1.32. The molecule has 17 heavy (non-hydrogen) atoms. The molecule has 0 aliphatic carbocycles. The van der Waals surface area contributed by atoms with Crippen molar-refractivity contribution in [2.45, 2.75) is 38.3 Å². The first-order valence-corrected chi connectivity index (χ1v) is 6.23. The Morgan fingerprint density at radius 2 is 2.18 bits per heavy atom. The van der Waals surface area contributed by atoms with Gasteiger partial charge in [0.15, 0.2) is 0 Å². The van der Waals surface area contributed by atoms with Crippen molar-refractivity contribution in [3.05, 3.63) is 36.0 Å². The standard InChI is InChI=1S/C14H20N2O/c1-2-3-4-13(17)14(15)11-6-5-10-7-8-16-12(10)9-11/h5-9,13-14,16-17H,2-4,15H2,1H3/t13-,14+/m1/s1. The second-order valence-electron chi connectivity index (χ2n) is 4.56. The van der Waals surface area contributed by atoms with Crippen molar-refractivity contribution in [3.8, 4) is 0 Å². The van der Waals surface area contributed by atoms with Crippen molar-refractivity contribution in [2.24, 2.45) is 5.73 Å². The number of rotatable bonds is 5. The molecule has 0 unspecified atom stereocenters. The third-order valence-electron chi connectivity index (χ3n) is 3.23. The molecule has 1 aromatic carbocycles. The molecule has 2 atom stereocenters. The molecule has 0 bridgehead atoms. The number of aromatic nitrogens is 1. The zero-order valence-electron chi connectivity index (χ0n) is 10.2. The van der Waals surface area contributed by atoms with Crippen LogP contribution in [0, 0.1) is 0 Å². The summed E-state index contributed by atoms with van der Waals surface area (Å²) in [5, 5.41) is 11.2. The van der Waals surface area contributed by atoms with Gasteiger partial charge in [-0.1, -0.05) is 31.9 Å². The number of hydrogen-bond acceptors (Lipinski definition) is 2. The first-order valence-electron chi connectivity index (χ1n) is 6.23. The molecule has 3 heteroatoms. The highest BCUT2D eigenvalue weighted by atomic mass is 16.3. The summed E-state index contributed by atoms with van der Waals surface area (Å²) in [7, 11) is 0. The molecule has 0 saturated carbocycles. The van der Waals surface area contributed by atoms with Gasteiger partial charge in [-0.3, -0.25) is 0 Å². The van der Waals surface area contributed by atoms with Gasteiger partial charge in [-0.2, -0.15) is 0 Å². The molecule has 2 aromatic rings. The van der Waals surface area contributed by atoms with Crippen molar-refractivity contribution in [1.82, 2.24) is 4.98 Å². The van der Waals surface area contributed by atoms with E-state index in [1.807, 2.05) is 30.5 Å². The molecule has 3 nitrogen and oxygen atoms in total. The first-order chi connectivity index (χ1) is 8.22. The second kappa shape index (κ2) is 5.34. The van der Waals surface area contributed by atoms with Gasteiger partial charge in [0.25, 0.3) is 0 Å². The van der Waals surface area contributed by atoms with Gasteiger partial charge in [-0.15, -0.1) is 0 Å². The molecule has 4 N–H and O–H groups in total. The number of aromatic amines is 1. The van der Waals surface area contributed by atoms with Crippen molar-refractivity contribution < 1.29 is 5.11 Å². The lowest BCUT2D eigenvalue weighted by Gasteiger charge is -2.19. The Morgan fingerprint density at radius 3 is 2.94 bits per heavy atom. The maximum atomic E-state index is 9.99. The lowest BCUT2D eigenvalue weighted by atomic mass is 9.98. The average molecular weight is 232 g/mol. The Kier molecular flexibility index (Phi) is 3.82. The van der Waals surface area contributed by atoms with Gasteiger partial charge in [-0.25, -0.2) is 0 Å². The van der Waals surface area contributed by atoms with Gasteiger partial charge in [0.2, 0.25) is 0 Å². The zero-order valence-corrected chi connectivity index (χ0v) is 10.2. The van der Waals surface area contributed by atoms with E-state index in [0.29, 0.717) is 0 Å². The van der Waals surface area contributed by atoms with Gasteiger partial charge < -0.3 is 15.8 Å². The van der Waals surface area contributed by atoms with Crippen LogP contribution in [0.3, 0.4) is 0 Å². The molecular formula is C14H20N2O. The highest BCUT2D eigenvalue weighted by molar-refractivity contribution is 5.79. The summed E-state index contributed by atoms with van der Waals surface area (Å²) in [6, 6.07) is 7.78. The minimum absolute atomic E-state index is 0.297. The number of fused-ring (bicyclic) bond motifs is 1. The van der Waals surface area contributed by atoms with Crippen LogP contribution in [-0.2, 0) is 0 Å². The fourth-order valence-corrected chi connectivity index (χ4v) is 2.09. The topological polar surface area (TPSA) is 62.0 Å². The van der Waals surface area contributed by atoms with E-state index >= 15 is 0 Å². The minimum Gasteiger partial charge on any atom is -0.391 e. The van der Waals surface area contributed by atoms with Gasteiger partial charge in [0.05, 0.1) is 12.1 Å².